The van der Waals surface area contributed by atoms with Crippen molar-refractivity contribution in [2.75, 3.05) is 31.2 Å². The highest BCUT2D eigenvalue weighted by Crippen LogP contribution is 2.44. The lowest BCUT2D eigenvalue weighted by molar-refractivity contribution is -0.137. The summed E-state index contributed by atoms with van der Waals surface area (Å²) in [5.41, 5.74) is -0.0308. The molecule has 0 bridgehead atoms. The molecule has 1 unspecified atom stereocenters. The van der Waals surface area contributed by atoms with Crippen LogP contribution in [0, 0.1) is 18.6 Å². The highest BCUT2D eigenvalue weighted by molar-refractivity contribution is 5.96. The van der Waals surface area contributed by atoms with Crippen molar-refractivity contribution in [2.45, 2.75) is 46.1 Å². The van der Waals surface area contributed by atoms with Crippen LogP contribution < -0.4 is 25.8 Å². The molecule has 8 nitrogen and oxygen atoms in total. The molecule has 0 aliphatic rings. The van der Waals surface area contributed by atoms with Crippen LogP contribution in [0.25, 0.3) is 22.2 Å². The maximum absolute atomic E-state index is 16.0. The number of likely N-dealkylation sites (N-methyl/N-ethyl adjacent to an activating group) is 1. The Hall–Kier alpha value is -3.62. The first kappa shape index (κ1) is 28.9. The molecule has 4 N–H and O–H groups in total. The van der Waals surface area contributed by atoms with E-state index < -0.39 is 70.1 Å². The van der Waals surface area contributed by atoms with E-state index in [-0.39, 0.29) is 23.6 Å². The molecule has 0 aliphatic carbocycles. The largest absolute Gasteiger partial charge is 0.474 e. The Bertz CT molecular complexity index is 1320. The van der Waals surface area contributed by atoms with E-state index in [9.17, 15) is 26.3 Å². The van der Waals surface area contributed by atoms with Gasteiger partial charge in [0.2, 0.25) is 5.88 Å². The number of halogens is 7. The Morgan fingerprint density at radius 3 is 2.32 bits per heavy atom. The predicted molar refractivity (Wildman–Crippen MR) is 126 cm³/mol. The molecule has 2 heterocycles. The third-order valence-electron chi connectivity index (χ3n) is 5.55. The molecule has 0 spiro atoms. The summed E-state index contributed by atoms with van der Waals surface area (Å²) in [6.07, 6.45) is -5.28. The minimum atomic E-state index is -5.13. The van der Waals surface area contributed by atoms with E-state index in [2.05, 4.69) is 30.3 Å². The molecule has 38 heavy (non-hydrogen) atoms. The van der Waals surface area contributed by atoms with Crippen molar-refractivity contribution in [3.63, 3.8) is 0 Å². The number of aromatic nitrogens is 3. The van der Waals surface area contributed by atoms with Crippen molar-refractivity contribution in [2.24, 2.45) is 0 Å². The highest BCUT2D eigenvalue weighted by Gasteiger charge is 2.39. The fourth-order valence-electron chi connectivity index (χ4n) is 3.60. The van der Waals surface area contributed by atoms with Crippen molar-refractivity contribution < 1.29 is 40.2 Å². The Balaban J connectivity index is 2.46. The van der Waals surface area contributed by atoms with Gasteiger partial charge < -0.3 is 25.8 Å². The fraction of sp³-hybridized carbons (Fsp3) is 0.435. The average Bonchev–Trinajstić information content (AvgIpc) is 2.82. The van der Waals surface area contributed by atoms with Gasteiger partial charge in [0.1, 0.15) is 28.2 Å². The van der Waals surface area contributed by atoms with Crippen molar-refractivity contribution in [3.8, 4) is 23.1 Å². The van der Waals surface area contributed by atoms with Crippen molar-refractivity contribution in [3.05, 3.63) is 28.8 Å². The number of nitrogen functional groups attached to an aromatic ring is 1. The standard InChI is InChI=1S/C23H25F7N6O2/c1-5-9(2)37-20-13-18(35-22(38-21(26)27)36-19(13)33-7-6-32-4)16(25)17(34-20)11-8-12(31)15(24)10(3)14(11)23(28,29)30/h8-9,21,32H,5-7,31H2,1-4H3,(H,33,35,36). The Kier molecular flexibility index (Phi) is 8.69. The number of nitrogens with zero attached hydrogens (tertiary/aromatic N) is 3. The van der Waals surface area contributed by atoms with Crippen molar-refractivity contribution in [1.82, 2.24) is 20.3 Å². The fourth-order valence-corrected chi connectivity index (χ4v) is 3.60. The van der Waals surface area contributed by atoms with Crippen LogP contribution in [0.2, 0.25) is 0 Å². The van der Waals surface area contributed by atoms with Crippen LogP contribution in [0.5, 0.6) is 11.9 Å². The van der Waals surface area contributed by atoms with E-state index in [1.165, 1.54) is 0 Å². The quantitative estimate of drug-likeness (QED) is 0.178. The smallest absolute Gasteiger partial charge is 0.417 e. The van der Waals surface area contributed by atoms with Gasteiger partial charge in [0.25, 0.3) is 0 Å². The number of nitrogens with one attached hydrogen (secondary N) is 2. The third kappa shape index (κ3) is 5.92. The SMILES string of the molecule is CCC(C)Oc1nc(-c2cc(N)c(F)c(C)c2C(F)(F)F)c(F)c2nc(OC(F)F)nc(NCCNC)c12. The summed E-state index contributed by atoms with van der Waals surface area (Å²) in [5, 5.41) is 5.43. The van der Waals surface area contributed by atoms with Gasteiger partial charge in [0.05, 0.1) is 17.4 Å². The minimum absolute atomic E-state index is 0.175. The number of ether oxygens (including phenoxy) is 2. The van der Waals surface area contributed by atoms with Crippen LogP contribution in [-0.2, 0) is 6.18 Å². The molecule has 3 aromatic rings. The molecule has 0 radical (unpaired) electrons. The van der Waals surface area contributed by atoms with Gasteiger partial charge in [-0.25, -0.2) is 13.8 Å². The van der Waals surface area contributed by atoms with Crippen LogP contribution in [-0.4, -0.2) is 47.8 Å². The zero-order valence-corrected chi connectivity index (χ0v) is 20.7. The lowest BCUT2D eigenvalue weighted by atomic mass is 9.96. The van der Waals surface area contributed by atoms with E-state index in [1.807, 2.05) is 0 Å². The summed E-state index contributed by atoms with van der Waals surface area (Å²) in [5.74, 6) is -3.35. The molecule has 0 saturated carbocycles. The minimum Gasteiger partial charge on any atom is -0.474 e. The van der Waals surface area contributed by atoms with Gasteiger partial charge in [-0.05, 0) is 38.9 Å². The van der Waals surface area contributed by atoms with E-state index in [1.54, 1.807) is 20.9 Å². The molecule has 0 saturated heterocycles. The molecular formula is C23H25F7N6O2. The maximum atomic E-state index is 16.0. The zero-order valence-electron chi connectivity index (χ0n) is 20.7. The Morgan fingerprint density at radius 2 is 1.74 bits per heavy atom. The second-order valence-electron chi connectivity index (χ2n) is 8.23. The van der Waals surface area contributed by atoms with Crippen molar-refractivity contribution in [1.29, 1.82) is 0 Å². The normalized spacial score (nSPS) is 12.7. The first-order valence-electron chi connectivity index (χ1n) is 11.4. The summed E-state index contributed by atoms with van der Waals surface area (Å²) in [6, 6.07) is -0.352. The number of hydrogen-bond acceptors (Lipinski definition) is 8. The number of benzene rings is 1. The van der Waals surface area contributed by atoms with Gasteiger partial charge >= 0.3 is 18.8 Å². The van der Waals surface area contributed by atoms with Gasteiger partial charge in [-0.15, -0.1) is 0 Å². The first-order valence-corrected chi connectivity index (χ1v) is 11.4. The number of alkyl halides is 5. The van der Waals surface area contributed by atoms with Gasteiger partial charge in [0.15, 0.2) is 5.82 Å². The van der Waals surface area contributed by atoms with Crippen LogP contribution in [0.4, 0.5) is 42.2 Å². The summed E-state index contributed by atoms with van der Waals surface area (Å²) in [7, 11) is 1.64. The maximum Gasteiger partial charge on any atom is 0.417 e. The molecule has 0 amide bonds. The van der Waals surface area contributed by atoms with Gasteiger partial charge in [0, 0.05) is 18.7 Å². The van der Waals surface area contributed by atoms with Gasteiger partial charge in [-0.1, -0.05) is 6.92 Å². The molecule has 1 aromatic carbocycles. The molecule has 3 rings (SSSR count). The summed E-state index contributed by atoms with van der Waals surface area (Å²) >= 11 is 0. The summed E-state index contributed by atoms with van der Waals surface area (Å²) in [6.45, 7) is 1.38. The van der Waals surface area contributed by atoms with Crippen LogP contribution in [0.1, 0.15) is 31.4 Å². The third-order valence-corrected chi connectivity index (χ3v) is 5.55. The number of rotatable bonds is 10. The van der Waals surface area contributed by atoms with Crippen LogP contribution >= 0.6 is 0 Å². The topological polar surface area (TPSA) is 107 Å². The molecule has 2 aromatic heterocycles. The van der Waals surface area contributed by atoms with Crippen LogP contribution in [0.15, 0.2) is 6.07 Å². The molecule has 1 atom stereocenters. The van der Waals surface area contributed by atoms with Gasteiger partial charge in [-0.2, -0.15) is 31.9 Å². The number of hydrogen-bond donors (Lipinski definition) is 3. The Labute approximate surface area is 212 Å². The predicted octanol–water partition coefficient (Wildman–Crippen LogP) is 5.29. The monoisotopic (exact) mass is 550 g/mol. The number of fused-ring (bicyclic) bond motifs is 1. The summed E-state index contributed by atoms with van der Waals surface area (Å²) < 4.78 is 108. The number of pyridine rings is 1. The number of nitrogens with two attached hydrogens (primary N) is 1. The van der Waals surface area contributed by atoms with E-state index in [0.717, 1.165) is 6.92 Å². The lowest BCUT2D eigenvalue weighted by Gasteiger charge is -2.21. The number of anilines is 2. The average molecular weight is 550 g/mol. The molecular weight excluding hydrogens is 525 g/mol. The lowest BCUT2D eigenvalue weighted by Crippen LogP contribution is -2.20. The molecule has 15 heteroatoms. The Morgan fingerprint density at radius 1 is 1.05 bits per heavy atom. The molecule has 208 valence electrons. The van der Waals surface area contributed by atoms with Gasteiger partial charge in [-0.3, -0.25) is 0 Å². The zero-order chi connectivity index (χ0) is 28.4. The van der Waals surface area contributed by atoms with E-state index >= 15 is 4.39 Å². The van der Waals surface area contributed by atoms with E-state index in [0.29, 0.717) is 19.0 Å². The molecule has 0 fully saturated rings. The summed E-state index contributed by atoms with van der Waals surface area (Å²) in [4.78, 5) is 11.6. The second-order valence-corrected chi connectivity index (χ2v) is 8.23. The highest BCUT2D eigenvalue weighted by atomic mass is 19.4. The van der Waals surface area contributed by atoms with Crippen molar-refractivity contribution >= 4 is 22.4 Å². The van der Waals surface area contributed by atoms with Crippen LogP contribution in [0.3, 0.4) is 0 Å². The van der Waals surface area contributed by atoms with E-state index in [4.69, 9.17) is 10.5 Å². The molecule has 0 aliphatic heterocycles. The first-order chi connectivity index (χ1) is 17.8. The second kappa shape index (κ2) is 11.4.